The van der Waals surface area contributed by atoms with E-state index in [-0.39, 0.29) is 18.2 Å². The van der Waals surface area contributed by atoms with Gasteiger partial charge in [0, 0.05) is 18.9 Å². The van der Waals surface area contributed by atoms with Crippen LogP contribution < -0.4 is 5.32 Å². The lowest BCUT2D eigenvalue weighted by atomic mass is 9.98. The lowest BCUT2D eigenvalue weighted by molar-refractivity contribution is 0.0985. The van der Waals surface area contributed by atoms with Crippen LogP contribution in [0.15, 0.2) is 9.13 Å². The van der Waals surface area contributed by atoms with Crippen molar-refractivity contribution >= 4 is 34.1 Å². The van der Waals surface area contributed by atoms with Gasteiger partial charge in [-0.25, -0.2) is 0 Å². The average molecular weight is 338 g/mol. The number of carbonyl (C=O) groups is 1. The van der Waals surface area contributed by atoms with Crippen molar-refractivity contribution in [2.75, 3.05) is 6.54 Å². The number of piperidine rings is 1. The maximum Gasteiger partial charge on any atom is 0.168 e. The molecule has 1 saturated heterocycles. The van der Waals surface area contributed by atoms with Crippen LogP contribution in [0.5, 0.6) is 0 Å². The molecule has 2 heterocycles. The number of ketones is 1. The monoisotopic (exact) mass is 336 g/mol. The van der Waals surface area contributed by atoms with E-state index in [0.29, 0.717) is 28.4 Å². The number of halogens is 2. The van der Waals surface area contributed by atoms with Crippen LogP contribution in [-0.4, -0.2) is 23.5 Å². The number of nitrogens with zero attached hydrogens (tertiary/aromatic N) is 1. The van der Waals surface area contributed by atoms with Crippen LogP contribution in [0.1, 0.15) is 48.7 Å². The van der Waals surface area contributed by atoms with Gasteiger partial charge in [0.1, 0.15) is 5.76 Å². The summed E-state index contributed by atoms with van der Waals surface area (Å²) in [4.78, 5) is 11.8. The van der Waals surface area contributed by atoms with Crippen LogP contribution in [-0.2, 0) is 6.42 Å². The second-order valence-corrected chi connectivity index (χ2v) is 5.15. The molecule has 2 rings (SSSR count). The predicted octanol–water partition coefficient (Wildman–Crippen LogP) is 3.14. The number of carbonyl (C=O) groups excluding carboxylic acids is 1. The van der Waals surface area contributed by atoms with Crippen molar-refractivity contribution in [3.63, 3.8) is 0 Å². The molecule has 1 aliphatic heterocycles. The molecule has 0 aromatic carbocycles. The minimum atomic E-state index is 0. The van der Waals surface area contributed by atoms with E-state index in [9.17, 15) is 4.79 Å². The Balaban J connectivity index is 0.00000162. The van der Waals surface area contributed by atoms with Gasteiger partial charge in [-0.3, -0.25) is 4.79 Å². The fourth-order valence-electron chi connectivity index (χ4n) is 2.21. The van der Waals surface area contributed by atoms with Crippen LogP contribution in [0.25, 0.3) is 0 Å². The molecule has 18 heavy (non-hydrogen) atoms. The van der Waals surface area contributed by atoms with E-state index < -0.39 is 0 Å². The van der Waals surface area contributed by atoms with Gasteiger partial charge in [-0.15, -0.1) is 12.4 Å². The third kappa shape index (κ3) is 3.56. The van der Waals surface area contributed by atoms with Gasteiger partial charge in [0.25, 0.3) is 0 Å². The minimum Gasteiger partial charge on any atom is -0.359 e. The van der Waals surface area contributed by atoms with E-state index >= 15 is 0 Å². The van der Waals surface area contributed by atoms with Crippen molar-refractivity contribution in [2.45, 2.75) is 45.1 Å². The van der Waals surface area contributed by atoms with Crippen molar-refractivity contribution in [1.82, 2.24) is 10.5 Å². The SMILES string of the molecule is CCC(=O)c1c(Br)noc1CC1CCCCN1.Cl. The Hall–Kier alpha value is -0.390. The van der Waals surface area contributed by atoms with Crippen LogP contribution in [0.3, 0.4) is 0 Å². The zero-order valence-corrected chi connectivity index (χ0v) is 12.8. The molecule has 0 saturated carbocycles. The normalized spacial score (nSPS) is 19.3. The number of aromatic nitrogens is 1. The molecule has 1 N–H and O–H groups in total. The molecule has 6 heteroatoms. The first-order valence-corrected chi connectivity index (χ1v) is 6.92. The molecule has 0 aliphatic carbocycles. The Morgan fingerprint density at radius 2 is 2.33 bits per heavy atom. The molecule has 0 amide bonds. The molecule has 1 unspecified atom stereocenters. The van der Waals surface area contributed by atoms with Crippen LogP contribution >= 0.6 is 28.3 Å². The zero-order valence-electron chi connectivity index (χ0n) is 10.4. The third-order valence-electron chi connectivity index (χ3n) is 3.17. The summed E-state index contributed by atoms with van der Waals surface area (Å²) in [6.07, 6.45) is 4.84. The van der Waals surface area contributed by atoms with Crippen LogP contribution in [0.2, 0.25) is 0 Å². The molecule has 1 aliphatic rings. The Labute approximate surface area is 121 Å². The maximum absolute atomic E-state index is 11.8. The summed E-state index contributed by atoms with van der Waals surface area (Å²) in [5.74, 6) is 0.798. The molecule has 1 fully saturated rings. The van der Waals surface area contributed by atoms with Gasteiger partial charge in [-0.05, 0) is 35.3 Å². The van der Waals surface area contributed by atoms with E-state index in [2.05, 4.69) is 26.4 Å². The van der Waals surface area contributed by atoms with Gasteiger partial charge < -0.3 is 9.84 Å². The molecule has 1 atom stereocenters. The van der Waals surface area contributed by atoms with Gasteiger partial charge in [0.15, 0.2) is 10.4 Å². The summed E-state index contributed by atoms with van der Waals surface area (Å²) in [6.45, 7) is 2.90. The van der Waals surface area contributed by atoms with E-state index in [4.69, 9.17) is 4.52 Å². The lowest BCUT2D eigenvalue weighted by Crippen LogP contribution is -2.35. The van der Waals surface area contributed by atoms with Gasteiger partial charge >= 0.3 is 0 Å². The van der Waals surface area contributed by atoms with Gasteiger partial charge in [0.2, 0.25) is 0 Å². The number of hydrogen-bond donors (Lipinski definition) is 1. The molecule has 0 radical (unpaired) electrons. The van der Waals surface area contributed by atoms with Crippen LogP contribution in [0, 0.1) is 0 Å². The van der Waals surface area contributed by atoms with Crippen molar-refractivity contribution in [3.8, 4) is 0 Å². The fraction of sp³-hybridized carbons (Fsp3) is 0.667. The highest BCUT2D eigenvalue weighted by Gasteiger charge is 2.23. The average Bonchev–Trinajstić information content (AvgIpc) is 2.71. The summed E-state index contributed by atoms with van der Waals surface area (Å²) < 4.78 is 5.80. The fourth-order valence-corrected chi connectivity index (χ4v) is 2.72. The number of hydrogen-bond acceptors (Lipinski definition) is 4. The second-order valence-electron chi connectivity index (χ2n) is 4.40. The highest BCUT2D eigenvalue weighted by molar-refractivity contribution is 9.10. The quantitative estimate of drug-likeness (QED) is 0.858. The first-order valence-electron chi connectivity index (χ1n) is 6.13. The minimum absolute atomic E-state index is 0. The number of Topliss-reactive ketones (excluding diaryl/α,β-unsaturated/α-hetero) is 1. The second kappa shape index (κ2) is 7.26. The highest BCUT2D eigenvalue weighted by atomic mass is 79.9. The molecule has 0 spiro atoms. The molecule has 102 valence electrons. The van der Waals surface area contributed by atoms with Gasteiger partial charge in [0.05, 0.1) is 5.56 Å². The summed E-state index contributed by atoms with van der Waals surface area (Å²) in [5.41, 5.74) is 0.625. The summed E-state index contributed by atoms with van der Waals surface area (Å²) >= 11 is 3.28. The van der Waals surface area contributed by atoms with Gasteiger partial charge in [-0.1, -0.05) is 18.5 Å². The first kappa shape index (κ1) is 15.7. The molecule has 1 aromatic heterocycles. The zero-order chi connectivity index (χ0) is 12.3. The van der Waals surface area contributed by atoms with Crippen molar-refractivity contribution in [3.05, 3.63) is 15.9 Å². The summed E-state index contributed by atoms with van der Waals surface area (Å²) in [5, 5.41) is 7.29. The summed E-state index contributed by atoms with van der Waals surface area (Å²) in [7, 11) is 0. The predicted molar refractivity (Wildman–Crippen MR) is 75.4 cm³/mol. The Morgan fingerprint density at radius 1 is 1.56 bits per heavy atom. The topological polar surface area (TPSA) is 55.1 Å². The van der Waals surface area contributed by atoms with E-state index in [0.717, 1.165) is 19.4 Å². The van der Waals surface area contributed by atoms with Crippen molar-refractivity contribution < 1.29 is 9.32 Å². The van der Waals surface area contributed by atoms with E-state index in [1.54, 1.807) is 0 Å². The van der Waals surface area contributed by atoms with Gasteiger partial charge in [-0.2, -0.15) is 0 Å². The Kier molecular flexibility index (Phi) is 6.32. The first-order chi connectivity index (χ1) is 8.22. The molecule has 0 bridgehead atoms. The third-order valence-corrected chi connectivity index (χ3v) is 3.71. The number of rotatable bonds is 4. The standard InChI is InChI=1S/C12H17BrN2O2.ClH/c1-2-9(16)11-10(17-15-12(11)13)7-8-5-3-4-6-14-8;/h8,14H,2-7H2,1H3;1H. The Bertz CT molecular complexity index is 403. The Morgan fingerprint density at radius 3 is 2.94 bits per heavy atom. The van der Waals surface area contributed by atoms with Crippen molar-refractivity contribution in [1.29, 1.82) is 0 Å². The molecule has 4 nitrogen and oxygen atoms in total. The lowest BCUT2D eigenvalue weighted by Gasteiger charge is -2.22. The summed E-state index contributed by atoms with van der Waals surface area (Å²) in [6, 6.07) is 0.409. The highest BCUT2D eigenvalue weighted by Crippen LogP contribution is 2.24. The van der Waals surface area contributed by atoms with Crippen molar-refractivity contribution in [2.24, 2.45) is 0 Å². The largest absolute Gasteiger partial charge is 0.359 e. The molecule has 1 aromatic rings. The van der Waals surface area contributed by atoms with E-state index in [1.165, 1.54) is 12.8 Å². The molecular weight excluding hydrogens is 320 g/mol. The molecular formula is C12H18BrClN2O2. The van der Waals surface area contributed by atoms with Crippen LogP contribution in [0.4, 0.5) is 0 Å². The smallest absolute Gasteiger partial charge is 0.168 e. The maximum atomic E-state index is 11.8. The number of nitrogens with one attached hydrogen (secondary N) is 1. The van der Waals surface area contributed by atoms with E-state index in [1.807, 2.05) is 6.92 Å².